The number of aliphatic hydroxyl groups excluding tert-OH is 2. The molecule has 0 aliphatic carbocycles. The van der Waals surface area contributed by atoms with Gasteiger partial charge in [-0.1, -0.05) is 6.92 Å². The van der Waals surface area contributed by atoms with Crippen LogP contribution in [0, 0.1) is 5.92 Å². The molecule has 0 spiro atoms. The van der Waals surface area contributed by atoms with Crippen molar-refractivity contribution in [2.45, 2.75) is 19.4 Å². The molecule has 3 nitrogen and oxygen atoms in total. The van der Waals surface area contributed by atoms with E-state index in [-0.39, 0.29) is 25.2 Å². The third-order valence-corrected chi connectivity index (χ3v) is 1.55. The summed E-state index contributed by atoms with van der Waals surface area (Å²) in [5.74, 6) is -0.144. The lowest BCUT2D eigenvalue weighted by atomic mass is 10.0. The van der Waals surface area contributed by atoms with E-state index in [0.717, 1.165) is 6.42 Å². The van der Waals surface area contributed by atoms with Gasteiger partial charge in [-0.05, 0) is 6.42 Å². The van der Waals surface area contributed by atoms with Crippen molar-refractivity contribution >= 4 is 0 Å². The molecule has 0 aromatic heterocycles. The van der Waals surface area contributed by atoms with Gasteiger partial charge in [0.2, 0.25) is 0 Å². The van der Waals surface area contributed by atoms with Gasteiger partial charge in [-0.15, -0.1) is 0 Å². The zero-order valence-corrected chi connectivity index (χ0v) is 5.75. The molecule has 0 saturated carbocycles. The lowest BCUT2D eigenvalue weighted by Gasteiger charge is -2.16. The Kier molecular flexibility index (Phi) is 4.67. The van der Waals surface area contributed by atoms with Gasteiger partial charge in [0.15, 0.2) is 0 Å². The fraction of sp³-hybridized carbons (Fsp3) is 1.00. The highest BCUT2D eigenvalue weighted by Gasteiger charge is 2.12. The summed E-state index contributed by atoms with van der Waals surface area (Å²) in [7, 11) is 0. The second kappa shape index (κ2) is 4.73. The maximum atomic E-state index is 8.59. The SMILES string of the molecule is CCC(N)C(CO)CO. The molecule has 0 aromatic carbocycles. The van der Waals surface area contributed by atoms with Crippen LogP contribution < -0.4 is 5.73 Å². The van der Waals surface area contributed by atoms with Gasteiger partial charge in [-0.2, -0.15) is 0 Å². The average Bonchev–Trinajstić information content (AvgIpc) is 1.90. The fourth-order valence-corrected chi connectivity index (χ4v) is 0.662. The van der Waals surface area contributed by atoms with Crippen molar-refractivity contribution in [3.63, 3.8) is 0 Å². The van der Waals surface area contributed by atoms with Crippen molar-refractivity contribution in [1.82, 2.24) is 0 Å². The highest BCUT2D eigenvalue weighted by Crippen LogP contribution is 2.01. The summed E-state index contributed by atoms with van der Waals surface area (Å²) in [5.41, 5.74) is 5.52. The van der Waals surface area contributed by atoms with Crippen LogP contribution >= 0.6 is 0 Å². The molecule has 0 heterocycles. The highest BCUT2D eigenvalue weighted by molar-refractivity contribution is 4.68. The number of hydrogen-bond donors (Lipinski definition) is 3. The summed E-state index contributed by atoms with van der Waals surface area (Å²) < 4.78 is 0. The fourth-order valence-electron chi connectivity index (χ4n) is 0.662. The number of rotatable bonds is 4. The molecule has 0 aliphatic heterocycles. The van der Waals surface area contributed by atoms with Crippen LogP contribution in [0.2, 0.25) is 0 Å². The molecule has 56 valence electrons. The first kappa shape index (κ1) is 8.88. The topological polar surface area (TPSA) is 66.5 Å². The number of hydrogen-bond acceptors (Lipinski definition) is 3. The Hall–Kier alpha value is -0.120. The molecule has 0 saturated heterocycles. The van der Waals surface area contributed by atoms with E-state index in [0.29, 0.717) is 0 Å². The van der Waals surface area contributed by atoms with Gasteiger partial charge in [-0.3, -0.25) is 0 Å². The Balaban J connectivity index is 3.50. The average molecular weight is 133 g/mol. The van der Waals surface area contributed by atoms with Gasteiger partial charge >= 0.3 is 0 Å². The normalized spacial score (nSPS) is 14.3. The minimum atomic E-state index is -0.144. The van der Waals surface area contributed by atoms with Crippen LogP contribution in [0.5, 0.6) is 0 Å². The smallest absolute Gasteiger partial charge is 0.0496 e. The van der Waals surface area contributed by atoms with Crippen LogP contribution in [0.25, 0.3) is 0 Å². The van der Waals surface area contributed by atoms with E-state index < -0.39 is 0 Å². The van der Waals surface area contributed by atoms with E-state index in [1.165, 1.54) is 0 Å². The lowest BCUT2D eigenvalue weighted by Crippen LogP contribution is -2.34. The molecule has 0 aromatic rings. The molecule has 3 heteroatoms. The van der Waals surface area contributed by atoms with Crippen molar-refractivity contribution in [1.29, 1.82) is 0 Å². The largest absolute Gasteiger partial charge is 0.396 e. The van der Waals surface area contributed by atoms with Gasteiger partial charge in [0, 0.05) is 25.2 Å². The Bertz CT molecular complexity index is 64.1. The predicted octanol–water partition coefficient (Wildman–Crippen LogP) is -0.676. The first-order chi connectivity index (χ1) is 4.26. The molecule has 0 rings (SSSR count). The zero-order valence-electron chi connectivity index (χ0n) is 5.75. The summed E-state index contributed by atoms with van der Waals surface area (Å²) >= 11 is 0. The summed E-state index contributed by atoms with van der Waals surface area (Å²) in [6.07, 6.45) is 0.797. The molecule has 0 fully saturated rings. The van der Waals surface area contributed by atoms with Crippen molar-refractivity contribution < 1.29 is 10.2 Å². The Labute approximate surface area is 55.5 Å². The van der Waals surface area contributed by atoms with Crippen LogP contribution in [-0.4, -0.2) is 29.5 Å². The van der Waals surface area contributed by atoms with E-state index in [2.05, 4.69) is 0 Å². The van der Waals surface area contributed by atoms with E-state index in [4.69, 9.17) is 15.9 Å². The zero-order chi connectivity index (χ0) is 7.28. The van der Waals surface area contributed by atoms with Gasteiger partial charge < -0.3 is 15.9 Å². The van der Waals surface area contributed by atoms with Crippen LogP contribution in [0.4, 0.5) is 0 Å². The summed E-state index contributed by atoms with van der Waals surface area (Å²) in [6.45, 7) is 1.89. The van der Waals surface area contributed by atoms with E-state index >= 15 is 0 Å². The maximum Gasteiger partial charge on any atom is 0.0496 e. The van der Waals surface area contributed by atoms with Crippen molar-refractivity contribution in [2.75, 3.05) is 13.2 Å². The summed E-state index contributed by atoms with van der Waals surface area (Å²) in [6, 6.07) is -0.0694. The van der Waals surface area contributed by atoms with Crippen LogP contribution in [-0.2, 0) is 0 Å². The molecular formula is C6H15NO2. The van der Waals surface area contributed by atoms with E-state index in [1.54, 1.807) is 0 Å². The van der Waals surface area contributed by atoms with Crippen LogP contribution in [0.15, 0.2) is 0 Å². The highest BCUT2D eigenvalue weighted by atomic mass is 16.3. The molecule has 0 aliphatic rings. The lowest BCUT2D eigenvalue weighted by molar-refractivity contribution is 0.130. The maximum absolute atomic E-state index is 8.59. The Morgan fingerprint density at radius 3 is 1.89 bits per heavy atom. The first-order valence-corrected chi connectivity index (χ1v) is 3.23. The third kappa shape index (κ3) is 2.79. The molecule has 0 amide bonds. The number of nitrogens with two attached hydrogens (primary N) is 1. The van der Waals surface area contributed by atoms with Crippen LogP contribution in [0.3, 0.4) is 0 Å². The van der Waals surface area contributed by atoms with Gasteiger partial charge in [0.25, 0.3) is 0 Å². The minimum Gasteiger partial charge on any atom is -0.396 e. The van der Waals surface area contributed by atoms with Gasteiger partial charge in [0.1, 0.15) is 0 Å². The molecule has 9 heavy (non-hydrogen) atoms. The standard InChI is InChI=1S/C6H15NO2/c1-2-6(7)5(3-8)4-9/h5-6,8-9H,2-4,7H2,1H3. The van der Waals surface area contributed by atoms with Crippen molar-refractivity contribution in [2.24, 2.45) is 11.7 Å². The van der Waals surface area contributed by atoms with Crippen molar-refractivity contribution in [3.05, 3.63) is 0 Å². The molecule has 0 bridgehead atoms. The van der Waals surface area contributed by atoms with Gasteiger partial charge in [-0.25, -0.2) is 0 Å². The monoisotopic (exact) mass is 133 g/mol. The molecule has 0 radical (unpaired) electrons. The number of aliphatic hydroxyl groups is 2. The second-order valence-electron chi connectivity index (χ2n) is 2.20. The van der Waals surface area contributed by atoms with Crippen molar-refractivity contribution in [3.8, 4) is 0 Å². The van der Waals surface area contributed by atoms with Crippen LogP contribution in [0.1, 0.15) is 13.3 Å². The van der Waals surface area contributed by atoms with E-state index in [1.807, 2.05) is 6.92 Å². The summed E-state index contributed by atoms with van der Waals surface area (Å²) in [4.78, 5) is 0. The van der Waals surface area contributed by atoms with E-state index in [9.17, 15) is 0 Å². The predicted molar refractivity (Wildman–Crippen MR) is 35.9 cm³/mol. The quantitative estimate of drug-likeness (QED) is 0.476. The molecule has 4 N–H and O–H groups in total. The molecule has 1 unspecified atom stereocenters. The Morgan fingerprint density at radius 2 is 1.78 bits per heavy atom. The first-order valence-electron chi connectivity index (χ1n) is 3.23. The van der Waals surface area contributed by atoms with Gasteiger partial charge in [0.05, 0.1) is 0 Å². The third-order valence-electron chi connectivity index (χ3n) is 1.55. The Morgan fingerprint density at radius 1 is 1.33 bits per heavy atom. The second-order valence-corrected chi connectivity index (χ2v) is 2.20. The molecule has 1 atom stereocenters. The summed E-state index contributed by atoms with van der Waals surface area (Å²) in [5, 5.41) is 17.2. The molecular weight excluding hydrogens is 118 g/mol. The minimum absolute atomic E-state index is 0.0223.